The molecule has 3 rings (SSSR count). The van der Waals surface area contributed by atoms with Crippen molar-refractivity contribution in [3.8, 4) is 11.1 Å². The quantitative estimate of drug-likeness (QED) is 0.699. The van der Waals surface area contributed by atoms with Crippen molar-refractivity contribution in [3.05, 3.63) is 70.0 Å². The second-order valence-electron chi connectivity index (χ2n) is 4.92. The fourth-order valence-electron chi connectivity index (χ4n) is 2.51. The zero-order valence-electron chi connectivity index (χ0n) is 11.0. The molecule has 0 spiro atoms. The fraction of sp³-hybridized carbons (Fsp3) is 0.118. The van der Waals surface area contributed by atoms with Gasteiger partial charge in [0.1, 0.15) is 0 Å². The standard InChI is InChI=1S/C17H15NO/c1-11-8-12(2)14-10-15(13-6-4-3-5-7-13)17(19)18-16(14)9-11/h3-10H,1-2H3,(H,18,19). The minimum absolute atomic E-state index is 0.0382. The number of pyridine rings is 1. The molecule has 0 fully saturated rings. The van der Waals surface area contributed by atoms with Crippen molar-refractivity contribution in [1.29, 1.82) is 0 Å². The summed E-state index contributed by atoms with van der Waals surface area (Å²) in [4.78, 5) is 15.2. The number of rotatable bonds is 1. The lowest BCUT2D eigenvalue weighted by molar-refractivity contribution is 1.29. The van der Waals surface area contributed by atoms with Gasteiger partial charge in [-0.2, -0.15) is 0 Å². The molecular formula is C17H15NO. The Kier molecular flexibility index (Phi) is 2.71. The Morgan fingerprint density at radius 1 is 0.947 bits per heavy atom. The monoisotopic (exact) mass is 249 g/mol. The van der Waals surface area contributed by atoms with E-state index >= 15 is 0 Å². The number of aromatic amines is 1. The second-order valence-corrected chi connectivity index (χ2v) is 4.92. The van der Waals surface area contributed by atoms with Crippen LogP contribution < -0.4 is 5.56 Å². The molecular weight excluding hydrogens is 234 g/mol. The molecule has 0 saturated carbocycles. The molecule has 2 nitrogen and oxygen atoms in total. The van der Waals surface area contributed by atoms with Gasteiger partial charge in [0, 0.05) is 16.5 Å². The Bertz CT molecular complexity index is 801. The number of hydrogen-bond donors (Lipinski definition) is 1. The largest absolute Gasteiger partial charge is 0.321 e. The van der Waals surface area contributed by atoms with Gasteiger partial charge in [-0.3, -0.25) is 4.79 Å². The van der Waals surface area contributed by atoms with Crippen LogP contribution in [0.4, 0.5) is 0 Å². The molecule has 19 heavy (non-hydrogen) atoms. The predicted molar refractivity (Wildman–Crippen MR) is 79.5 cm³/mol. The highest BCUT2D eigenvalue weighted by Crippen LogP contribution is 2.22. The lowest BCUT2D eigenvalue weighted by atomic mass is 10.0. The van der Waals surface area contributed by atoms with Crippen molar-refractivity contribution in [2.24, 2.45) is 0 Å². The highest BCUT2D eigenvalue weighted by molar-refractivity contribution is 5.86. The summed E-state index contributed by atoms with van der Waals surface area (Å²) in [6.45, 7) is 4.11. The summed E-state index contributed by atoms with van der Waals surface area (Å²) >= 11 is 0. The van der Waals surface area contributed by atoms with Gasteiger partial charge in [0.2, 0.25) is 0 Å². The molecule has 2 heteroatoms. The maximum atomic E-state index is 12.2. The van der Waals surface area contributed by atoms with E-state index in [0.717, 1.165) is 27.6 Å². The van der Waals surface area contributed by atoms with Gasteiger partial charge < -0.3 is 4.98 Å². The highest BCUT2D eigenvalue weighted by Gasteiger charge is 2.07. The zero-order valence-corrected chi connectivity index (χ0v) is 11.0. The van der Waals surface area contributed by atoms with Crippen LogP contribution in [0.5, 0.6) is 0 Å². The van der Waals surface area contributed by atoms with Crippen molar-refractivity contribution in [3.63, 3.8) is 0 Å². The van der Waals surface area contributed by atoms with Gasteiger partial charge in [0.25, 0.3) is 5.56 Å². The molecule has 0 atom stereocenters. The van der Waals surface area contributed by atoms with E-state index in [4.69, 9.17) is 0 Å². The van der Waals surface area contributed by atoms with E-state index in [1.54, 1.807) is 0 Å². The summed E-state index contributed by atoms with van der Waals surface area (Å²) in [6, 6.07) is 15.9. The highest BCUT2D eigenvalue weighted by atomic mass is 16.1. The molecule has 3 aromatic rings. The molecule has 0 bridgehead atoms. The summed E-state index contributed by atoms with van der Waals surface area (Å²) < 4.78 is 0. The predicted octanol–water partition coefficient (Wildman–Crippen LogP) is 3.81. The molecule has 2 aromatic carbocycles. The first-order chi connectivity index (χ1) is 9.15. The van der Waals surface area contributed by atoms with Gasteiger partial charge in [0.05, 0.1) is 0 Å². The van der Waals surface area contributed by atoms with E-state index in [-0.39, 0.29) is 5.56 Å². The Morgan fingerprint density at radius 3 is 2.42 bits per heavy atom. The third-order valence-corrected chi connectivity index (χ3v) is 3.40. The molecule has 0 aliphatic carbocycles. The van der Waals surface area contributed by atoms with Crippen LogP contribution in [0.2, 0.25) is 0 Å². The van der Waals surface area contributed by atoms with Crippen molar-refractivity contribution in [2.45, 2.75) is 13.8 Å². The van der Waals surface area contributed by atoms with Crippen LogP contribution in [0, 0.1) is 13.8 Å². The number of nitrogens with one attached hydrogen (secondary N) is 1. The Hall–Kier alpha value is -2.35. The number of hydrogen-bond acceptors (Lipinski definition) is 1. The van der Waals surface area contributed by atoms with Crippen molar-refractivity contribution >= 4 is 10.9 Å². The molecule has 1 N–H and O–H groups in total. The maximum absolute atomic E-state index is 12.2. The molecule has 0 radical (unpaired) electrons. The Morgan fingerprint density at radius 2 is 1.68 bits per heavy atom. The van der Waals surface area contributed by atoms with Crippen LogP contribution in [-0.2, 0) is 0 Å². The number of fused-ring (bicyclic) bond motifs is 1. The van der Waals surface area contributed by atoms with Gasteiger partial charge in [-0.1, -0.05) is 36.4 Å². The average molecular weight is 249 g/mol. The third kappa shape index (κ3) is 2.06. The minimum atomic E-state index is -0.0382. The molecule has 0 aliphatic rings. The minimum Gasteiger partial charge on any atom is -0.321 e. The van der Waals surface area contributed by atoms with Gasteiger partial charge in [0.15, 0.2) is 0 Å². The molecule has 0 unspecified atom stereocenters. The average Bonchev–Trinajstić information content (AvgIpc) is 2.38. The van der Waals surface area contributed by atoms with E-state index in [1.807, 2.05) is 49.4 Å². The van der Waals surface area contributed by atoms with Crippen LogP contribution in [0.25, 0.3) is 22.0 Å². The summed E-state index contributed by atoms with van der Waals surface area (Å²) in [6.07, 6.45) is 0. The maximum Gasteiger partial charge on any atom is 0.256 e. The number of aromatic nitrogens is 1. The first kappa shape index (κ1) is 11.7. The summed E-state index contributed by atoms with van der Waals surface area (Å²) in [5, 5.41) is 1.10. The first-order valence-electron chi connectivity index (χ1n) is 6.35. The van der Waals surface area contributed by atoms with Crippen molar-refractivity contribution in [2.75, 3.05) is 0 Å². The molecule has 0 amide bonds. The Balaban J connectivity index is 2.34. The third-order valence-electron chi connectivity index (χ3n) is 3.40. The smallest absolute Gasteiger partial charge is 0.256 e. The van der Waals surface area contributed by atoms with Crippen LogP contribution in [0.3, 0.4) is 0 Å². The SMILES string of the molecule is Cc1cc(C)c2cc(-c3ccccc3)c(=O)[nH]c2c1. The van der Waals surface area contributed by atoms with Crippen molar-refractivity contribution in [1.82, 2.24) is 4.98 Å². The summed E-state index contributed by atoms with van der Waals surface area (Å²) in [5.74, 6) is 0. The topological polar surface area (TPSA) is 32.9 Å². The summed E-state index contributed by atoms with van der Waals surface area (Å²) in [5.41, 5.74) is 4.88. The van der Waals surface area contributed by atoms with Gasteiger partial charge in [-0.05, 0) is 42.7 Å². The van der Waals surface area contributed by atoms with Crippen LogP contribution in [0.15, 0.2) is 53.3 Å². The zero-order chi connectivity index (χ0) is 13.4. The van der Waals surface area contributed by atoms with Gasteiger partial charge in [-0.25, -0.2) is 0 Å². The van der Waals surface area contributed by atoms with Crippen LogP contribution in [0.1, 0.15) is 11.1 Å². The Labute approximate surface area is 111 Å². The van der Waals surface area contributed by atoms with Crippen LogP contribution >= 0.6 is 0 Å². The van der Waals surface area contributed by atoms with Gasteiger partial charge >= 0.3 is 0 Å². The van der Waals surface area contributed by atoms with E-state index in [9.17, 15) is 4.79 Å². The lowest BCUT2D eigenvalue weighted by Gasteiger charge is -2.07. The van der Waals surface area contributed by atoms with E-state index < -0.39 is 0 Å². The first-order valence-corrected chi connectivity index (χ1v) is 6.35. The molecule has 1 heterocycles. The molecule has 1 aromatic heterocycles. The number of aryl methyl sites for hydroxylation is 2. The summed E-state index contributed by atoms with van der Waals surface area (Å²) in [7, 11) is 0. The van der Waals surface area contributed by atoms with E-state index in [0.29, 0.717) is 0 Å². The molecule has 0 aliphatic heterocycles. The second kappa shape index (κ2) is 4.39. The van der Waals surface area contributed by atoms with E-state index in [2.05, 4.69) is 18.0 Å². The number of H-pyrrole nitrogens is 1. The van der Waals surface area contributed by atoms with Gasteiger partial charge in [-0.15, -0.1) is 0 Å². The van der Waals surface area contributed by atoms with E-state index in [1.165, 1.54) is 5.56 Å². The van der Waals surface area contributed by atoms with Crippen molar-refractivity contribution < 1.29 is 0 Å². The van der Waals surface area contributed by atoms with Crippen LogP contribution in [-0.4, -0.2) is 4.98 Å². The number of benzene rings is 2. The fourth-order valence-corrected chi connectivity index (χ4v) is 2.51. The lowest BCUT2D eigenvalue weighted by Crippen LogP contribution is -2.09. The molecule has 0 saturated heterocycles. The normalized spacial score (nSPS) is 10.8. The molecule has 94 valence electrons.